The monoisotopic (exact) mass is 452 g/mol. The molecule has 9 nitrogen and oxygen atoms in total. The lowest BCUT2D eigenvalue weighted by Crippen LogP contribution is -2.32. The van der Waals surface area contributed by atoms with Gasteiger partial charge in [-0.2, -0.15) is 0 Å². The number of nitrogens with zero attached hydrogens (tertiary/aromatic N) is 2. The maximum absolute atomic E-state index is 12.9. The van der Waals surface area contributed by atoms with Gasteiger partial charge in [0.2, 0.25) is 5.91 Å². The van der Waals surface area contributed by atoms with E-state index in [0.29, 0.717) is 17.5 Å². The van der Waals surface area contributed by atoms with Crippen molar-refractivity contribution in [3.8, 4) is 0 Å². The molecule has 33 heavy (non-hydrogen) atoms. The second-order valence-electron chi connectivity index (χ2n) is 7.56. The average Bonchev–Trinajstić information content (AvgIpc) is 3.15. The number of nitro benzene ring substituents is 1. The standard InChI is InChI=1S/C24H24N2O7/c1-32-23(28)18-10-7-16(8-11-18)9-12-19-15-25(22(27)21(19)24(29)33-2)14-13-17-5-3-4-6-20(17)26(30)31/h3-12,19,21H,13-15H2,1-2H3/b12-9+. The number of hydrogen-bond acceptors (Lipinski definition) is 7. The van der Waals surface area contributed by atoms with Gasteiger partial charge in [0.25, 0.3) is 5.69 Å². The number of methoxy groups -OCH3 is 2. The topological polar surface area (TPSA) is 116 Å². The summed E-state index contributed by atoms with van der Waals surface area (Å²) in [6.07, 6.45) is 3.85. The van der Waals surface area contributed by atoms with Gasteiger partial charge in [0, 0.05) is 30.6 Å². The number of nitro groups is 1. The van der Waals surface area contributed by atoms with Crippen LogP contribution in [0.4, 0.5) is 5.69 Å². The Labute approximate surface area is 190 Å². The van der Waals surface area contributed by atoms with E-state index in [1.54, 1.807) is 54.6 Å². The molecule has 0 bridgehead atoms. The Bertz CT molecular complexity index is 1080. The zero-order chi connectivity index (χ0) is 24.0. The molecule has 2 aromatic carbocycles. The van der Waals surface area contributed by atoms with E-state index in [0.717, 1.165) is 5.56 Å². The second kappa shape index (κ2) is 10.5. The number of carbonyl (C=O) groups is 3. The molecule has 0 radical (unpaired) electrons. The molecule has 2 atom stereocenters. The number of hydrogen-bond donors (Lipinski definition) is 0. The van der Waals surface area contributed by atoms with Gasteiger partial charge in [-0.05, 0) is 24.1 Å². The number of rotatable bonds is 8. The molecule has 0 aromatic heterocycles. The van der Waals surface area contributed by atoms with Crippen LogP contribution in [0.3, 0.4) is 0 Å². The van der Waals surface area contributed by atoms with Gasteiger partial charge in [-0.3, -0.25) is 19.7 Å². The minimum absolute atomic E-state index is 0.000473. The van der Waals surface area contributed by atoms with E-state index in [9.17, 15) is 24.5 Å². The van der Waals surface area contributed by atoms with E-state index in [1.165, 1.54) is 25.2 Å². The van der Waals surface area contributed by atoms with Crippen LogP contribution >= 0.6 is 0 Å². The molecular formula is C24H24N2O7. The molecule has 1 heterocycles. The molecule has 9 heteroatoms. The van der Waals surface area contributed by atoms with Crippen LogP contribution in [0.15, 0.2) is 54.6 Å². The maximum atomic E-state index is 12.9. The molecule has 1 fully saturated rings. The van der Waals surface area contributed by atoms with Crippen LogP contribution in [0, 0.1) is 22.0 Å². The second-order valence-corrected chi connectivity index (χ2v) is 7.56. The third kappa shape index (κ3) is 5.43. The van der Waals surface area contributed by atoms with Crippen molar-refractivity contribution in [3.63, 3.8) is 0 Å². The smallest absolute Gasteiger partial charge is 0.337 e. The molecule has 1 amide bonds. The van der Waals surface area contributed by atoms with Gasteiger partial charge in [0.05, 0.1) is 24.7 Å². The molecule has 1 aliphatic heterocycles. The molecule has 3 rings (SSSR count). The van der Waals surface area contributed by atoms with E-state index < -0.39 is 28.7 Å². The van der Waals surface area contributed by atoms with Crippen molar-refractivity contribution in [2.45, 2.75) is 6.42 Å². The van der Waals surface area contributed by atoms with Gasteiger partial charge in [0.15, 0.2) is 0 Å². The highest BCUT2D eigenvalue weighted by atomic mass is 16.6. The van der Waals surface area contributed by atoms with Crippen LogP contribution in [-0.2, 0) is 25.5 Å². The molecule has 2 aromatic rings. The number of para-hydroxylation sites is 1. The Balaban J connectivity index is 1.74. The molecule has 1 saturated heterocycles. The molecular weight excluding hydrogens is 428 g/mol. The minimum Gasteiger partial charge on any atom is -0.468 e. The number of likely N-dealkylation sites (tertiary alicyclic amines) is 1. The van der Waals surface area contributed by atoms with Crippen molar-refractivity contribution in [3.05, 3.63) is 81.4 Å². The summed E-state index contributed by atoms with van der Waals surface area (Å²) in [6, 6.07) is 13.1. The van der Waals surface area contributed by atoms with Crippen molar-refractivity contribution in [1.29, 1.82) is 0 Å². The number of benzene rings is 2. The number of amides is 1. The van der Waals surface area contributed by atoms with Crippen molar-refractivity contribution in [2.75, 3.05) is 27.3 Å². The fourth-order valence-corrected chi connectivity index (χ4v) is 3.84. The summed E-state index contributed by atoms with van der Waals surface area (Å²) in [4.78, 5) is 49.1. The highest BCUT2D eigenvalue weighted by Crippen LogP contribution is 2.29. The van der Waals surface area contributed by atoms with Gasteiger partial charge < -0.3 is 14.4 Å². The predicted octanol–water partition coefficient (Wildman–Crippen LogP) is 2.88. The SMILES string of the molecule is COC(=O)c1ccc(/C=C/C2CN(CCc3ccccc3[N+](=O)[O-])C(=O)C2C(=O)OC)cc1. The van der Waals surface area contributed by atoms with Crippen LogP contribution in [-0.4, -0.2) is 55.0 Å². The van der Waals surface area contributed by atoms with E-state index in [1.807, 2.05) is 0 Å². The van der Waals surface area contributed by atoms with Gasteiger partial charge in [0.1, 0.15) is 5.92 Å². The Morgan fingerprint density at radius 1 is 1.12 bits per heavy atom. The molecule has 0 aliphatic carbocycles. The third-order valence-corrected chi connectivity index (χ3v) is 5.60. The lowest BCUT2D eigenvalue weighted by atomic mass is 9.94. The van der Waals surface area contributed by atoms with Gasteiger partial charge in [-0.15, -0.1) is 0 Å². The quantitative estimate of drug-likeness (QED) is 0.262. The molecule has 0 spiro atoms. The molecule has 2 unspecified atom stereocenters. The zero-order valence-corrected chi connectivity index (χ0v) is 18.3. The Morgan fingerprint density at radius 2 is 1.82 bits per heavy atom. The predicted molar refractivity (Wildman–Crippen MR) is 119 cm³/mol. The van der Waals surface area contributed by atoms with Crippen LogP contribution in [0.25, 0.3) is 6.08 Å². The Kier molecular flexibility index (Phi) is 7.55. The van der Waals surface area contributed by atoms with Crippen LogP contribution < -0.4 is 0 Å². The summed E-state index contributed by atoms with van der Waals surface area (Å²) in [5.41, 5.74) is 1.73. The lowest BCUT2D eigenvalue weighted by molar-refractivity contribution is -0.385. The first-order chi connectivity index (χ1) is 15.8. The van der Waals surface area contributed by atoms with Crippen LogP contribution in [0.2, 0.25) is 0 Å². The average molecular weight is 452 g/mol. The van der Waals surface area contributed by atoms with Gasteiger partial charge in [-0.1, -0.05) is 42.5 Å². The summed E-state index contributed by atoms with van der Waals surface area (Å²) >= 11 is 0. The van der Waals surface area contributed by atoms with Crippen molar-refractivity contribution in [2.24, 2.45) is 11.8 Å². The fourth-order valence-electron chi connectivity index (χ4n) is 3.84. The van der Waals surface area contributed by atoms with Crippen LogP contribution in [0.1, 0.15) is 21.5 Å². The van der Waals surface area contributed by atoms with Crippen molar-refractivity contribution < 1.29 is 28.8 Å². The lowest BCUT2D eigenvalue weighted by Gasteiger charge is -2.16. The summed E-state index contributed by atoms with van der Waals surface area (Å²) in [7, 11) is 2.54. The van der Waals surface area contributed by atoms with Gasteiger partial charge >= 0.3 is 11.9 Å². The number of ether oxygens (including phenoxy) is 2. The zero-order valence-electron chi connectivity index (χ0n) is 18.3. The van der Waals surface area contributed by atoms with Crippen LogP contribution in [0.5, 0.6) is 0 Å². The highest BCUT2D eigenvalue weighted by Gasteiger charge is 2.44. The minimum atomic E-state index is -0.980. The van der Waals surface area contributed by atoms with E-state index in [4.69, 9.17) is 4.74 Å². The summed E-state index contributed by atoms with van der Waals surface area (Å²) < 4.78 is 9.52. The van der Waals surface area contributed by atoms with E-state index in [2.05, 4.69) is 4.74 Å². The fraction of sp³-hybridized carbons (Fsp3) is 0.292. The molecule has 1 aliphatic rings. The largest absolute Gasteiger partial charge is 0.468 e. The Morgan fingerprint density at radius 3 is 2.45 bits per heavy atom. The summed E-state index contributed by atoms with van der Waals surface area (Å²) in [6.45, 7) is 0.533. The summed E-state index contributed by atoms with van der Waals surface area (Å²) in [5.74, 6) is -2.82. The molecule has 0 N–H and O–H groups in total. The van der Waals surface area contributed by atoms with Gasteiger partial charge in [-0.25, -0.2) is 4.79 Å². The van der Waals surface area contributed by atoms with E-state index in [-0.39, 0.29) is 24.7 Å². The molecule has 0 saturated carbocycles. The first-order valence-corrected chi connectivity index (χ1v) is 10.3. The third-order valence-electron chi connectivity index (χ3n) is 5.60. The highest BCUT2D eigenvalue weighted by molar-refractivity contribution is 6.00. The first kappa shape index (κ1) is 23.6. The normalized spacial score (nSPS) is 17.9. The van der Waals surface area contributed by atoms with Crippen molar-refractivity contribution in [1.82, 2.24) is 4.90 Å². The summed E-state index contributed by atoms with van der Waals surface area (Å²) in [5, 5.41) is 11.2. The van der Waals surface area contributed by atoms with E-state index >= 15 is 0 Å². The van der Waals surface area contributed by atoms with Crippen molar-refractivity contribution >= 4 is 29.6 Å². The molecule has 172 valence electrons. The number of carbonyl (C=O) groups excluding carboxylic acids is 3. The maximum Gasteiger partial charge on any atom is 0.337 e. The first-order valence-electron chi connectivity index (χ1n) is 10.3. The Hall–Kier alpha value is -4.01. The number of esters is 2.